The average Bonchev–Trinajstić information content (AvgIpc) is 2.24. The number of hydrogen-bond acceptors (Lipinski definition) is 2. The molecule has 1 atom stereocenters. The molecule has 19 heavy (non-hydrogen) atoms. The first-order valence-corrected chi connectivity index (χ1v) is 15.2. The van der Waals surface area contributed by atoms with Crippen LogP contribution in [0.2, 0.25) is 44.4 Å². The SMILES string of the molecule is CCCCN1CCC(C([Si](C)(C)C)[Si](C)(C)C)OC1. The van der Waals surface area contributed by atoms with Gasteiger partial charge in [-0.05, 0) is 18.0 Å². The topological polar surface area (TPSA) is 12.5 Å². The summed E-state index contributed by atoms with van der Waals surface area (Å²) in [6.07, 6.45) is 4.38. The van der Waals surface area contributed by atoms with E-state index in [4.69, 9.17) is 4.74 Å². The second kappa shape index (κ2) is 6.88. The summed E-state index contributed by atoms with van der Waals surface area (Å²) in [6.45, 7) is 20.8. The van der Waals surface area contributed by atoms with Crippen LogP contribution < -0.4 is 0 Å². The first-order valence-electron chi connectivity index (χ1n) is 8.00. The van der Waals surface area contributed by atoms with Gasteiger partial charge in [0.05, 0.1) is 12.8 Å². The predicted octanol–water partition coefficient (Wildman–Crippen LogP) is 4.42. The van der Waals surface area contributed by atoms with E-state index in [1.54, 1.807) is 0 Å². The molecular formula is C15H35NOSi2. The Balaban J connectivity index is 2.61. The highest BCUT2D eigenvalue weighted by atomic mass is 28.4. The first-order chi connectivity index (χ1) is 8.66. The Morgan fingerprint density at radius 3 is 2.05 bits per heavy atom. The Kier molecular flexibility index (Phi) is 6.30. The molecule has 0 N–H and O–H groups in total. The van der Waals surface area contributed by atoms with Crippen LogP contribution in [0.15, 0.2) is 0 Å². The van der Waals surface area contributed by atoms with Gasteiger partial charge in [0, 0.05) is 29.2 Å². The van der Waals surface area contributed by atoms with E-state index in [0.29, 0.717) is 6.10 Å². The molecule has 1 heterocycles. The number of hydrogen-bond donors (Lipinski definition) is 0. The summed E-state index contributed by atoms with van der Waals surface area (Å²) in [5.41, 5.74) is 0. The average molecular weight is 302 g/mol. The van der Waals surface area contributed by atoms with Crippen molar-refractivity contribution in [3.05, 3.63) is 0 Å². The molecule has 1 unspecified atom stereocenters. The van der Waals surface area contributed by atoms with Gasteiger partial charge in [-0.25, -0.2) is 0 Å². The van der Waals surface area contributed by atoms with Gasteiger partial charge >= 0.3 is 0 Å². The molecule has 0 radical (unpaired) electrons. The van der Waals surface area contributed by atoms with Gasteiger partial charge in [0.2, 0.25) is 0 Å². The summed E-state index contributed by atoms with van der Waals surface area (Å²) in [7, 11) is -2.28. The lowest BCUT2D eigenvalue weighted by atomic mass is 10.2. The largest absolute Gasteiger partial charge is 0.363 e. The van der Waals surface area contributed by atoms with Crippen molar-refractivity contribution in [2.24, 2.45) is 0 Å². The van der Waals surface area contributed by atoms with E-state index >= 15 is 0 Å². The van der Waals surface area contributed by atoms with Gasteiger partial charge in [0.1, 0.15) is 0 Å². The van der Waals surface area contributed by atoms with Crippen LogP contribution in [0, 0.1) is 0 Å². The van der Waals surface area contributed by atoms with Crippen LogP contribution in [0.1, 0.15) is 26.2 Å². The second-order valence-corrected chi connectivity index (χ2v) is 19.6. The highest BCUT2D eigenvalue weighted by Gasteiger charge is 2.44. The Morgan fingerprint density at radius 2 is 1.68 bits per heavy atom. The van der Waals surface area contributed by atoms with Crippen LogP contribution in [0.3, 0.4) is 0 Å². The van der Waals surface area contributed by atoms with E-state index in [0.717, 1.165) is 11.9 Å². The molecule has 114 valence electrons. The molecule has 0 bridgehead atoms. The van der Waals surface area contributed by atoms with Crippen molar-refractivity contribution in [2.45, 2.75) is 76.7 Å². The van der Waals surface area contributed by atoms with E-state index in [1.165, 1.54) is 32.4 Å². The van der Waals surface area contributed by atoms with Crippen molar-refractivity contribution >= 4 is 16.1 Å². The van der Waals surface area contributed by atoms with Crippen LogP contribution in [0.25, 0.3) is 0 Å². The third kappa shape index (κ3) is 5.33. The number of rotatable bonds is 6. The molecule has 1 fully saturated rings. The van der Waals surface area contributed by atoms with Crippen LogP contribution in [0.5, 0.6) is 0 Å². The molecule has 1 rings (SSSR count). The fourth-order valence-corrected chi connectivity index (χ4v) is 17.0. The summed E-state index contributed by atoms with van der Waals surface area (Å²) in [4.78, 5) is 2.49. The molecule has 0 aromatic rings. The Morgan fingerprint density at radius 1 is 1.11 bits per heavy atom. The number of ether oxygens (including phenoxy) is 1. The standard InChI is InChI=1S/C15H35NOSi2/c1-8-9-11-16-12-10-14(17-13-16)15(18(2,3)4)19(5,6)7/h14-15H,8-13H2,1-7H3. The van der Waals surface area contributed by atoms with Gasteiger partial charge < -0.3 is 4.74 Å². The van der Waals surface area contributed by atoms with Crippen molar-refractivity contribution in [2.75, 3.05) is 19.8 Å². The van der Waals surface area contributed by atoms with Crippen molar-refractivity contribution < 1.29 is 4.74 Å². The van der Waals surface area contributed by atoms with E-state index in [2.05, 4.69) is 51.1 Å². The number of unbranched alkanes of at least 4 members (excludes halogenated alkanes) is 1. The van der Waals surface area contributed by atoms with Gasteiger partial charge in [-0.2, -0.15) is 0 Å². The monoisotopic (exact) mass is 301 g/mol. The highest BCUT2D eigenvalue weighted by Crippen LogP contribution is 2.39. The Labute approximate surface area is 122 Å². The summed E-state index contributed by atoms with van der Waals surface area (Å²) >= 11 is 0. The van der Waals surface area contributed by atoms with E-state index < -0.39 is 16.1 Å². The van der Waals surface area contributed by atoms with Crippen molar-refractivity contribution in [1.82, 2.24) is 4.90 Å². The van der Waals surface area contributed by atoms with Crippen molar-refractivity contribution in [1.29, 1.82) is 0 Å². The normalized spacial score (nSPS) is 23.1. The Bertz CT molecular complexity index is 248. The van der Waals surface area contributed by atoms with Gasteiger partial charge in [-0.15, -0.1) is 0 Å². The molecule has 0 spiro atoms. The van der Waals surface area contributed by atoms with Gasteiger partial charge in [-0.1, -0.05) is 52.6 Å². The smallest absolute Gasteiger partial charge is 0.0993 e. The molecule has 1 aliphatic rings. The maximum absolute atomic E-state index is 6.30. The fourth-order valence-electron chi connectivity index (χ4n) is 3.89. The van der Waals surface area contributed by atoms with Crippen LogP contribution in [0.4, 0.5) is 0 Å². The van der Waals surface area contributed by atoms with Crippen LogP contribution in [-0.4, -0.2) is 47.0 Å². The highest BCUT2D eigenvalue weighted by molar-refractivity contribution is 6.96. The maximum Gasteiger partial charge on any atom is 0.0993 e. The molecule has 0 aromatic carbocycles. The molecule has 1 saturated heterocycles. The Hall–Kier alpha value is 0.354. The molecule has 0 saturated carbocycles. The zero-order valence-electron chi connectivity index (χ0n) is 14.3. The molecular weight excluding hydrogens is 266 g/mol. The van der Waals surface area contributed by atoms with Crippen LogP contribution >= 0.6 is 0 Å². The maximum atomic E-state index is 6.30. The molecule has 0 aliphatic carbocycles. The van der Waals surface area contributed by atoms with E-state index in [9.17, 15) is 0 Å². The van der Waals surface area contributed by atoms with Gasteiger partial charge in [0.25, 0.3) is 0 Å². The van der Waals surface area contributed by atoms with Gasteiger partial charge in [0.15, 0.2) is 0 Å². The first kappa shape index (κ1) is 17.4. The fraction of sp³-hybridized carbons (Fsp3) is 1.00. The minimum atomic E-state index is -1.14. The lowest BCUT2D eigenvalue weighted by molar-refractivity contribution is -0.0649. The molecule has 4 heteroatoms. The predicted molar refractivity (Wildman–Crippen MR) is 91.3 cm³/mol. The lowest BCUT2D eigenvalue weighted by Gasteiger charge is -2.46. The quantitative estimate of drug-likeness (QED) is 0.673. The zero-order chi connectivity index (χ0) is 14.7. The van der Waals surface area contributed by atoms with Crippen LogP contribution in [-0.2, 0) is 4.74 Å². The van der Waals surface area contributed by atoms with Crippen molar-refractivity contribution in [3.63, 3.8) is 0 Å². The second-order valence-electron chi connectivity index (χ2n) is 8.30. The third-order valence-electron chi connectivity index (χ3n) is 4.27. The number of nitrogens with zero attached hydrogens (tertiary/aromatic N) is 1. The molecule has 0 amide bonds. The summed E-state index contributed by atoms with van der Waals surface area (Å²) in [6, 6.07) is 0. The van der Waals surface area contributed by atoms with E-state index in [-0.39, 0.29) is 0 Å². The van der Waals surface area contributed by atoms with Gasteiger partial charge in [-0.3, -0.25) is 4.90 Å². The molecule has 2 nitrogen and oxygen atoms in total. The third-order valence-corrected chi connectivity index (χ3v) is 13.9. The zero-order valence-corrected chi connectivity index (χ0v) is 16.3. The summed E-state index contributed by atoms with van der Waals surface area (Å²) in [5.74, 6) is 0. The lowest BCUT2D eigenvalue weighted by Crippen LogP contribution is -2.53. The minimum absolute atomic E-state index is 0.538. The molecule has 0 aromatic heterocycles. The summed E-state index contributed by atoms with van der Waals surface area (Å²) in [5, 5.41) is 0.883. The summed E-state index contributed by atoms with van der Waals surface area (Å²) < 4.78 is 6.30. The minimum Gasteiger partial charge on any atom is -0.363 e. The van der Waals surface area contributed by atoms with E-state index in [1.807, 2.05) is 0 Å². The molecule has 1 aliphatic heterocycles. The van der Waals surface area contributed by atoms with Crippen molar-refractivity contribution in [3.8, 4) is 0 Å².